The van der Waals surface area contributed by atoms with Crippen LogP contribution in [-0.4, -0.2) is 64.3 Å². The molecule has 7 nitrogen and oxygen atoms in total. The molecule has 0 aliphatic carbocycles. The van der Waals surface area contributed by atoms with E-state index in [1.807, 2.05) is 6.07 Å². The second-order valence-corrected chi connectivity index (χ2v) is 7.68. The van der Waals surface area contributed by atoms with Crippen molar-refractivity contribution in [2.24, 2.45) is 5.92 Å². The maximum atomic E-state index is 13.3. The van der Waals surface area contributed by atoms with Crippen LogP contribution in [-0.2, 0) is 9.53 Å². The van der Waals surface area contributed by atoms with E-state index >= 15 is 0 Å². The Morgan fingerprint density at radius 3 is 2.47 bits per heavy atom. The molecule has 2 aromatic rings. The average molecular weight is 445 g/mol. The average Bonchev–Trinajstić information content (AvgIpc) is 3.26. The summed E-state index contributed by atoms with van der Waals surface area (Å²) in [6.45, 7) is 1.61. The zero-order valence-corrected chi connectivity index (χ0v) is 18.6. The molecule has 0 saturated carbocycles. The van der Waals surface area contributed by atoms with Gasteiger partial charge in [0, 0.05) is 50.4 Å². The maximum Gasteiger partial charge on any atom is 0.253 e. The zero-order valence-electron chi connectivity index (χ0n) is 18.6. The highest BCUT2D eigenvalue weighted by molar-refractivity contribution is 5.95. The number of nitrogens with zero attached hydrogens (tertiary/aromatic N) is 1. The number of carbonyl (C=O) groups is 2. The Morgan fingerprint density at radius 2 is 1.81 bits per heavy atom. The molecule has 0 aromatic heterocycles. The maximum absolute atomic E-state index is 13.3. The molecule has 1 aliphatic rings. The number of rotatable bonds is 9. The van der Waals surface area contributed by atoms with Gasteiger partial charge < -0.3 is 24.4 Å². The van der Waals surface area contributed by atoms with Crippen molar-refractivity contribution in [3.63, 3.8) is 0 Å². The van der Waals surface area contributed by atoms with Crippen molar-refractivity contribution in [2.75, 3.05) is 47.6 Å². The van der Waals surface area contributed by atoms with Crippen molar-refractivity contribution in [3.8, 4) is 11.5 Å². The number of nitrogens with one attached hydrogen (secondary N) is 1. The lowest BCUT2D eigenvalue weighted by molar-refractivity contribution is -0.125. The lowest BCUT2D eigenvalue weighted by Gasteiger charge is -2.21. The SMILES string of the molecule is COCCCNC(=O)C1CN(C(=O)c2ccc(F)cc2)CC1c1cc(OC)ccc1OC. The predicted octanol–water partition coefficient (Wildman–Crippen LogP) is 2.85. The Morgan fingerprint density at radius 1 is 1.06 bits per heavy atom. The van der Waals surface area contributed by atoms with Gasteiger partial charge in [-0.25, -0.2) is 4.39 Å². The van der Waals surface area contributed by atoms with Gasteiger partial charge in [0.1, 0.15) is 17.3 Å². The molecule has 1 fully saturated rings. The second-order valence-electron chi connectivity index (χ2n) is 7.68. The molecule has 172 valence electrons. The molecule has 3 rings (SSSR count). The van der Waals surface area contributed by atoms with Gasteiger partial charge >= 0.3 is 0 Å². The first kappa shape index (κ1) is 23.5. The van der Waals surface area contributed by atoms with Gasteiger partial charge in [-0.05, 0) is 48.9 Å². The summed E-state index contributed by atoms with van der Waals surface area (Å²) in [7, 11) is 4.76. The van der Waals surface area contributed by atoms with Crippen LogP contribution in [0.1, 0.15) is 28.3 Å². The number of amides is 2. The lowest BCUT2D eigenvalue weighted by Crippen LogP contribution is -2.36. The minimum atomic E-state index is -0.469. The molecular formula is C24H29FN2O5. The molecule has 2 atom stereocenters. The van der Waals surface area contributed by atoms with E-state index in [2.05, 4.69) is 5.32 Å². The summed E-state index contributed by atoms with van der Waals surface area (Å²) in [4.78, 5) is 27.8. The number of methoxy groups -OCH3 is 3. The molecular weight excluding hydrogens is 415 g/mol. The van der Waals surface area contributed by atoms with Crippen LogP contribution in [0.15, 0.2) is 42.5 Å². The zero-order chi connectivity index (χ0) is 23.1. The fourth-order valence-corrected chi connectivity index (χ4v) is 4.01. The summed E-state index contributed by atoms with van der Waals surface area (Å²) < 4.78 is 29.2. The number of hydrogen-bond donors (Lipinski definition) is 1. The third-order valence-corrected chi connectivity index (χ3v) is 5.70. The first-order valence-corrected chi connectivity index (χ1v) is 10.5. The van der Waals surface area contributed by atoms with Crippen LogP contribution in [0, 0.1) is 11.7 Å². The smallest absolute Gasteiger partial charge is 0.253 e. The molecule has 32 heavy (non-hydrogen) atoms. The van der Waals surface area contributed by atoms with Crippen LogP contribution < -0.4 is 14.8 Å². The van der Waals surface area contributed by atoms with E-state index in [-0.39, 0.29) is 24.3 Å². The largest absolute Gasteiger partial charge is 0.497 e. The van der Waals surface area contributed by atoms with Crippen LogP contribution in [0.3, 0.4) is 0 Å². The number of likely N-dealkylation sites (tertiary alicyclic amines) is 1. The van der Waals surface area contributed by atoms with Crippen LogP contribution in [0.5, 0.6) is 11.5 Å². The van der Waals surface area contributed by atoms with Gasteiger partial charge in [-0.1, -0.05) is 0 Å². The standard InChI is InChI=1S/C24H29FN2O5/c1-30-12-4-11-26-23(28)21-15-27(24(29)16-5-7-17(25)8-6-16)14-20(21)19-13-18(31-2)9-10-22(19)32-3/h5-10,13,20-21H,4,11-12,14-15H2,1-3H3,(H,26,28). The van der Waals surface area contributed by atoms with Crippen molar-refractivity contribution in [1.82, 2.24) is 10.2 Å². The molecule has 0 spiro atoms. The topological polar surface area (TPSA) is 77.1 Å². The summed E-state index contributed by atoms with van der Waals surface area (Å²) in [6, 6.07) is 10.9. The highest BCUT2D eigenvalue weighted by atomic mass is 19.1. The van der Waals surface area contributed by atoms with Gasteiger partial charge in [0.25, 0.3) is 5.91 Å². The van der Waals surface area contributed by atoms with E-state index in [9.17, 15) is 14.0 Å². The lowest BCUT2D eigenvalue weighted by atomic mass is 9.87. The van der Waals surface area contributed by atoms with E-state index in [0.717, 1.165) is 5.56 Å². The molecule has 1 saturated heterocycles. The van der Waals surface area contributed by atoms with E-state index in [1.54, 1.807) is 38.4 Å². The molecule has 0 bridgehead atoms. The number of carbonyl (C=O) groups excluding carboxylic acids is 2. The minimum absolute atomic E-state index is 0.134. The minimum Gasteiger partial charge on any atom is -0.497 e. The Kier molecular flexibility index (Phi) is 8.05. The molecule has 2 amide bonds. The number of hydrogen-bond acceptors (Lipinski definition) is 5. The van der Waals surface area contributed by atoms with E-state index in [1.165, 1.54) is 24.3 Å². The monoisotopic (exact) mass is 444 g/mol. The summed E-state index contributed by atoms with van der Waals surface area (Å²) in [5.41, 5.74) is 1.18. The van der Waals surface area contributed by atoms with Crippen molar-refractivity contribution in [1.29, 1.82) is 0 Å². The Bertz CT molecular complexity index is 934. The normalized spacial score (nSPS) is 17.8. The van der Waals surface area contributed by atoms with Gasteiger partial charge in [0.2, 0.25) is 5.91 Å². The fraction of sp³-hybridized carbons (Fsp3) is 0.417. The van der Waals surface area contributed by atoms with E-state index < -0.39 is 11.7 Å². The molecule has 1 heterocycles. The highest BCUT2D eigenvalue weighted by Gasteiger charge is 2.41. The van der Waals surface area contributed by atoms with Crippen LogP contribution in [0.4, 0.5) is 4.39 Å². The van der Waals surface area contributed by atoms with E-state index in [0.29, 0.717) is 43.2 Å². The molecule has 1 N–H and O–H groups in total. The Balaban J connectivity index is 1.88. The fourth-order valence-electron chi connectivity index (χ4n) is 4.01. The molecule has 2 aromatic carbocycles. The molecule has 8 heteroatoms. The first-order valence-electron chi connectivity index (χ1n) is 10.5. The number of ether oxygens (including phenoxy) is 3. The molecule has 0 radical (unpaired) electrons. The van der Waals surface area contributed by atoms with Crippen LogP contribution >= 0.6 is 0 Å². The predicted molar refractivity (Wildman–Crippen MR) is 118 cm³/mol. The second kappa shape index (κ2) is 10.9. The summed E-state index contributed by atoms with van der Waals surface area (Å²) in [5, 5.41) is 2.95. The third kappa shape index (κ3) is 5.37. The Hall–Kier alpha value is -3.13. The third-order valence-electron chi connectivity index (χ3n) is 5.70. The van der Waals surface area contributed by atoms with Gasteiger partial charge in [-0.15, -0.1) is 0 Å². The van der Waals surface area contributed by atoms with Crippen molar-refractivity contribution >= 4 is 11.8 Å². The first-order chi connectivity index (χ1) is 15.5. The van der Waals surface area contributed by atoms with Gasteiger partial charge in [-0.3, -0.25) is 9.59 Å². The molecule has 1 aliphatic heterocycles. The van der Waals surface area contributed by atoms with Crippen LogP contribution in [0.2, 0.25) is 0 Å². The van der Waals surface area contributed by atoms with Crippen LogP contribution in [0.25, 0.3) is 0 Å². The van der Waals surface area contributed by atoms with Crippen molar-refractivity contribution in [3.05, 3.63) is 59.4 Å². The van der Waals surface area contributed by atoms with Gasteiger partial charge in [0.15, 0.2) is 0 Å². The van der Waals surface area contributed by atoms with E-state index in [4.69, 9.17) is 14.2 Å². The van der Waals surface area contributed by atoms with Gasteiger partial charge in [-0.2, -0.15) is 0 Å². The quantitative estimate of drug-likeness (QED) is 0.602. The molecule has 2 unspecified atom stereocenters. The Labute approximate surface area is 187 Å². The number of halogens is 1. The summed E-state index contributed by atoms with van der Waals surface area (Å²) >= 11 is 0. The summed E-state index contributed by atoms with van der Waals surface area (Å²) in [5.74, 6) is -0.269. The van der Waals surface area contributed by atoms with Crippen molar-refractivity contribution < 1.29 is 28.2 Å². The highest BCUT2D eigenvalue weighted by Crippen LogP contribution is 2.40. The van der Waals surface area contributed by atoms with Crippen molar-refractivity contribution in [2.45, 2.75) is 12.3 Å². The number of benzene rings is 2. The van der Waals surface area contributed by atoms with Gasteiger partial charge in [0.05, 0.1) is 20.1 Å². The summed E-state index contributed by atoms with van der Waals surface area (Å²) in [6.07, 6.45) is 0.695.